The smallest absolute Gasteiger partial charge is 0.0925 e. The molecule has 92 valence electrons. The minimum Gasteiger partial charge on any atom is -0.313 e. The van der Waals surface area contributed by atoms with Crippen LogP contribution in [0.3, 0.4) is 0 Å². The number of hydrogen-bond donors (Lipinski definition) is 1. The van der Waals surface area contributed by atoms with Crippen LogP contribution in [0, 0.1) is 5.41 Å². The van der Waals surface area contributed by atoms with Gasteiger partial charge in [0.05, 0.1) is 5.01 Å². The van der Waals surface area contributed by atoms with Gasteiger partial charge in [-0.25, -0.2) is 4.98 Å². The molecule has 0 aliphatic heterocycles. The van der Waals surface area contributed by atoms with Crippen molar-refractivity contribution in [3.63, 3.8) is 0 Å². The van der Waals surface area contributed by atoms with Gasteiger partial charge in [-0.3, -0.25) is 0 Å². The Morgan fingerprint density at radius 1 is 1.44 bits per heavy atom. The van der Waals surface area contributed by atoms with Gasteiger partial charge in [0.25, 0.3) is 0 Å². The molecule has 1 heterocycles. The number of nitrogens with zero attached hydrogens (tertiary/aromatic N) is 1. The second-order valence-corrected chi connectivity index (χ2v) is 6.32. The van der Waals surface area contributed by atoms with E-state index in [1.54, 1.807) is 11.3 Å². The summed E-state index contributed by atoms with van der Waals surface area (Å²) in [6, 6.07) is 0.580. The summed E-state index contributed by atoms with van der Waals surface area (Å²) in [5.41, 5.74) is 0.326. The molecule has 1 rings (SSSR count). The predicted molar refractivity (Wildman–Crippen MR) is 72.0 cm³/mol. The lowest BCUT2D eigenvalue weighted by atomic mass is 9.84. The van der Waals surface area contributed by atoms with E-state index in [0.29, 0.717) is 11.5 Å². The Kier molecular flexibility index (Phi) is 5.42. The van der Waals surface area contributed by atoms with Gasteiger partial charge in [0.1, 0.15) is 0 Å². The molecule has 0 spiro atoms. The van der Waals surface area contributed by atoms with E-state index >= 15 is 0 Å². The highest BCUT2D eigenvalue weighted by molar-refractivity contribution is 7.09. The van der Waals surface area contributed by atoms with Gasteiger partial charge in [-0.1, -0.05) is 27.7 Å². The average molecular weight is 240 g/mol. The first-order valence-electron chi connectivity index (χ1n) is 6.15. The maximum absolute atomic E-state index is 4.34. The highest BCUT2D eigenvalue weighted by Gasteiger charge is 2.23. The lowest BCUT2D eigenvalue weighted by Gasteiger charge is -2.31. The molecule has 1 N–H and O–H groups in total. The first-order chi connectivity index (χ1) is 7.54. The van der Waals surface area contributed by atoms with Crippen LogP contribution < -0.4 is 5.32 Å². The fraction of sp³-hybridized carbons (Fsp3) is 0.769. The highest BCUT2D eigenvalue weighted by atomic mass is 32.1. The Bertz CT molecular complexity index is 275. The Labute approximate surface area is 103 Å². The van der Waals surface area contributed by atoms with Gasteiger partial charge in [0, 0.05) is 24.0 Å². The van der Waals surface area contributed by atoms with Crippen molar-refractivity contribution in [3.8, 4) is 0 Å². The third-order valence-electron chi connectivity index (χ3n) is 2.82. The molecule has 16 heavy (non-hydrogen) atoms. The monoisotopic (exact) mass is 240 g/mol. The second-order valence-electron chi connectivity index (χ2n) is 5.34. The number of aryl methyl sites for hydroxylation is 1. The van der Waals surface area contributed by atoms with E-state index in [4.69, 9.17) is 0 Å². The molecule has 1 aromatic heterocycles. The molecule has 2 nitrogen and oxygen atoms in total. The van der Waals surface area contributed by atoms with Gasteiger partial charge >= 0.3 is 0 Å². The van der Waals surface area contributed by atoms with E-state index in [1.165, 1.54) is 17.8 Å². The standard InChI is InChI=1S/C13H24N2S/c1-5-8-14-11(13(2,3)4)6-7-12-15-9-10-16-12/h9-11,14H,5-8H2,1-4H3. The number of thiazole rings is 1. The molecule has 0 bridgehead atoms. The molecular formula is C13H24N2S. The molecule has 0 aliphatic rings. The molecule has 0 saturated carbocycles. The minimum absolute atomic E-state index is 0.326. The first kappa shape index (κ1) is 13.7. The average Bonchev–Trinajstić information content (AvgIpc) is 2.68. The van der Waals surface area contributed by atoms with Crippen LogP contribution in [0.1, 0.15) is 45.5 Å². The molecule has 0 radical (unpaired) electrons. The summed E-state index contributed by atoms with van der Waals surface area (Å²) < 4.78 is 0. The van der Waals surface area contributed by atoms with E-state index in [1.807, 2.05) is 6.20 Å². The molecule has 0 fully saturated rings. The summed E-state index contributed by atoms with van der Waals surface area (Å²) in [4.78, 5) is 4.34. The van der Waals surface area contributed by atoms with E-state index in [-0.39, 0.29) is 0 Å². The van der Waals surface area contributed by atoms with Gasteiger partial charge in [-0.15, -0.1) is 11.3 Å². The summed E-state index contributed by atoms with van der Waals surface area (Å²) >= 11 is 1.76. The fourth-order valence-corrected chi connectivity index (χ4v) is 2.44. The van der Waals surface area contributed by atoms with Crippen LogP contribution >= 0.6 is 11.3 Å². The number of rotatable bonds is 6. The molecule has 0 aromatic carbocycles. The Balaban J connectivity index is 2.44. The Morgan fingerprint density at radius 2 is 2.19 bits per heavy atom. The summed E-state index contributed by atoms with van der Waals surface area (Å²) in [5, 5.41) is 6.96. The number of hydrogen-bond acceptors (Lipinski definition) is 3. The van der Waals surface area contributed by atoms with Crippen LogP contribution in [0.2, 0.25) is 0 Å². The zero-order chi connectivity index (χ0) is 12.0. The van der Waals surface area contributed by atoms with E-state index in [0.717, 1.165) is 13.0 Å². The highest BCUT2D eigenvalue weighted by Crippen LogP contribution is 2.23. The molecule has 0 saturated heterocycles. The predicted octanol–water partition coefficient (Wildman–Crippen LogP) is 3.49. The maximum Gasteiger partial charge on any atom is 0.0925 e. The van der Waals surface area contributed by atoms with Crippen molar-refractivity contribution >= 4 is 11.3 Å². The summed E-state index contributed by atoms with van der Waals surface area (Å²) in [5.74, 6) is 0. The lowest BCUT2D eigenvalue weighted by molar-refractivity contribution is 0.255. The van der Waals surface area contributed by atoms with Gasteiger partial charge in [-0.2, -0.15) is 0 Å². The molecule has 1 atom stereocenters. The second kappa shape index (κ2) is 6.36. The maximum atomic E-state index is 4.34. The molecular weight excluding hydrogens is 216 g/mol. The van der Waals surface area contributed by atoms with Crippen molar-refractivity contribution in [2.45, 2.75) is 53.0 Å². The van der Waals surface area contributed by atoms with Gasteiger partial charge in [0.15, 0.2) is 0 Å². The van der Waals surface area contributed by atoms with Crippen molar-refractivity contribution in [3.05, 3.63) is 16.6 Å². The van der Waals surface area contributed by atoms with Crippen LogP contribution in [0.15, 0.2) is 11.6 Å². The third kappa shape index (κ3) is 4.62. The quantitative estimate of drug-likeness (QED) is 0.823. The van der Waals surface area contributed by atoms with Crippen molar-refractivity contribution in [2.24, 2.45) is 5.41 Å². The van der Waals surface area contributed by atoms with E-state index < -0.39 is 0 Å². The van der Waals surface area contributed by atoms with Gasteiger partial charge in [-0.05, 0) is 24.8 Å². The normalized spacial score (nSPS) is 14.0. The SMILES string of the molecule is CCCNC(CCc1nccs1)C(C)(C)C. The molecule has 1 unspecified atom stereocenters. The van der Waals surface area contributed by atoms with Crippen LogP contribution in [0.25, 0.3) is 0 Å². The zero-order valence-corrected chi connectivity index (χ0v) is 11.7. The van der Waals surface area contributed by atoms with E-state index in [9.17, 15) is 0 Å². The first-order valence-corrected chi connectivity index (χ1v) is 7.03. The van der Waals surface area contributed by atoms with Gasteiger partial charge in [0.2, 0.25) is 0 Å². The Hall–Kier alpha value is -0.410. The van der Waals surface area contributed by atoms with Crippen molar-refractivity contribution in [1.29, 1.82) is 0 Å². The molecule has 0 amide bonds. The van der Waals surface area contributed by atoms with Gasteiger partial charge < -0.3 is 5.32 Å². The third-order valence-corrected chi connectivity index (χ3v) is 3.66. The lowest BCUT2D eigenvalue weighted by Crippen LogP contribution is -2.41. The largest absolute Gasteiger partial charge is 0.313 e. The van der Waals surface area contributed by atoms with Crippen LogP contribution in [0.5, 0.6) is 0 Å². The van der Waals surface area contributed by atoms with E-state index in [2.05, 4.69) is 43.4 Å². The summed E-state index contributed by atoms with van der Waals surface area (Å²) in [6.45, 7) is 10.2. The summed E-state index contributed by atoms with van der Waals surface area (Å²) in [6.07, 6.45) is 5.36. The van der Waals surface area contributed by atoms with Crippen molar-refractivity contribution in [1.82, 2.24) is 10.3 Å². The molecule has 0 aliphatic carbocycles. The zero-order valence-electron chi connectivity index (χ0n) is 10.9. The number of nitrogens with one attached hydrogen (secondary N) is 1. The topological polar surface area (TPSA) is 24.9 Å². The summed E-state index contributed by atoms with van der Waals surface area (Å²) in [7, 11) is 0. The Morgan fingerprint density at radius 3 is 2.69 bits per heavy atom. The fourth-order valence-electron chi connectivity index (χ4n) is 1.80. The minimum atomic E-state index is 0.326. The van der Waals surface area contributed by atoms with Crippen molar-refractivity contribution in [2.75, 3.05) is 6.54 Å². The van der Waals surface area contributed by atoms with Crippen LogP contribution in [-0.4, -0.2) is 17.6 Å². The number of aromatic nitrogens is 1. The van der Waals surface area contributed by atoms with Crippen LogP contribution in [-0.2, 0) is 6.42 Å². The molecule has 3 heteroatoms. The van der Waals surface area contributed by atoms with Crippen LogP contribution in [0.4, 0.5) is 0 Å². The van der Waals surface area contributed by atoms with Crippen molar-refractivity contribution < 1.29 is 0 Å². The molecule has 1 aromatic rings.